The van der Waals surface area contributed by atoms with E-state index >= 15 is 0 Å². The predicted octanol–water partition coefficient (Wildman–Crippen LogP) is 1.50. The first-order valence-corrected chi connectivity index (χ1v) is 5.34. The summed E-state index contributed by atoms with van der Waals surface area (Å²) in [5, 5.41) is 13.4. The number of thioether (sulfide) groups is 1. The average molecular weight is 226 g/mol. The third-order valence-electron chi connectivity index (χ3n) is 2.27. The molecule has 2 rings (SSSR count). The number of carboxylic acid groups (broad SMARTS) is 1. The summed E-state index contributed by atoms with van der Waals surface area (Å²) >= 11 is 1.40. The van der Waals surface area contributed by atoms with Crippen LogP contribution in [0.3, 0.4) is 0 Å². The van der Waals surface area contributed by atoms with Gasteiger partial charge in [0.2, 0.25) is 0 Å². The summed E-state index contributed by atoms with van der Waals surface area (Å²) in [6, 6.07) is 0. The highest BCUT2D eigenvalue weighted by Gasteiger charge is 2.39. The van der Waals surface area contributed by atoms with Gasteiger partial charge in [-0.15, -0.1) is 0 Å². The van der Waals surface area contributed by atoms with Crippen molar-refractivity contribution in [2.24, 2.45) is 0 Å². The number of aromatic nitrogens is 1. The fourth-order valence-corrected chi connectivity index (χ4v) is 2.45. The molecule has 2 heterocycles. The van der Waals surface area contributed by atoms with Gasteiger partial charge in [-0.1, -0.05) is 18.7 Å². The van der Waals surface area contributed by atoms with Gasteiger partial charge in [-0.3, -0.25) is 0 Å². The van der Waals surface area contributed by atoms with Crippen molar-refractivity contribution in [1.82, 2.24) is 10.3 Å². The predicted molar refractivity (Wildman–Crippen MR) is 54.9 cm³/mol. The van der Waals surface area contributed by atoms with Crippen molar-refractivity contribution >= 4 is 17.7 Å². The molecule has 1 aliphatic heterocycles. The van der Waals surface area contributed by atoms with Gasteiger partial charge >= 0.3 is 5.97 Å². The van der Waals surface area contributed by atoms with Crippen LogP contribution in [0.25, 0.3) is 0 Å². The van der Waals surface area contributed by atoms with E-state index in [1.807, 2.05) is 6.92 Å². The molecule has 0 saturated heterocycles. The number of carbonyl (C=O) groups is 1. The maximum Gasteiger partial charge on any atom is 0.352 e. The fourth-order valence-electron chi connectivity index (χ4n) is 1.42. The van der Waals surface area contributed by atoms with Crippen LogP contribution in [0.15, 0.2) is 28.1 Å². The Hall–Kier alpha value is -1.43. The van der Waals surface area contributed by atoms with Crippen LogP contribution in [0, 0.1) is 0 Å². The first-order chi connectivity index (χ1) is 7.18. The smallest absolute Gasteiger partial charge is 0.352 e. The molecule has 1 aromatic rings. The molecule has 0 radical (unpaired) electrons. The lowest BCUT2D eigenvalue weighted by Gasteiger charge is -2.25. The number of oxazole rings is 1. The number of rotatable bonds is 3. The fraction of sp³-hybridized carbons (Fsp3) is 0.333. The second-order valence-corrected chi connectivity index (χ2v) is 4.29. The molecule has 1 aliphatic rings. The van der Waals surface area contributed by atoms with Gasteiger partial charge in [0.25, 0.3) is 0 Å². The van der Waals surface area contributed by atoms with E-state index in [2.05, 4.69) is 10.3 Å². The highest BCUT2D eigenvalue weighted by molar-refractivity contribution is 8.03. The summed E-state index contributed by atoms with van der Waals surface area (Å²) < 4.78 is 5.22. The van der Waals surface area contributed by atoms with E-state index in [0.29, 0.717) is 12.2 Å². The van der Waals surface area contributed by atoms with Crippen molar-refractivity contribution in [2.75, 3.05) is 0 Å². The Morgan fingerprint density at radius 2 is 2.60 bits per heavy atom. The maximum atomic E-state index is 10.8. The zero-order valence-corrected chi connectivity index (χ0v) is 8.87. The molecule has 0 aromatic carbocycles. The number of aliphatic carboxylic acids is 1. The van der Waals surface area contributed by atoms with Crippen molar-refractivity contribution in [3.63, 3.8) is 0 Å². The second kappa shape index (κ2) is 3.62. The van der Waals surface area contributed by atoms with Crippen molar-refractivity contribution < 1.29 is 14.3 Å². The lowest BCUT2D eigenvalue weighted by Crippen LogP contribution is -2.35. The highest BCUT2D eigenvalue weighted by Crippen LogP contribution is 2.43. The second-order valence-electron chi connectivity index (χ2n) is 3.13. The zero-order valence-electron chi connectivity index (χ0n) is 8.06. The molecule has 0 aliphatic carbocycles. The average Bonchev–Trinajstić information content (AvgIpc) is 2.87. The molecular weight excluding hydrogens is 216 g/mol. The van der Waals surface area contributed by atoms with E-state index in [1.54, 1.807) is 11.6 Å². The Kier molecular flexibility index (Phi) is 2.44. The minimum Gasteiger partial charge on any atom is -0.477 e. The van der Waals surface area contributed by atoms with Crippen molar-refractivity contribution in [2.45, 2.75) is 18.2 Å². The Labute approximate surface area is 90.6 Å². The van der Waals surface area contributed by atoms with E-state index in [-0.39, 0.29) is 5.70 Å². The molecule has 6 heteroatoms. The van der Waals surface area contributed by atoms with Gasteiger partial charge in [0.15, 0.2) is 12.2 Å². The number of carboxylic acids is 1. The molecule has 2 N–H and O–H groups in total. The zero-order chi connectivity index (χ0) is 10.9. The molecule has 0 amide bonds. The molecule has 15 heavy (non-hydrogen) atoms. The lowest BCUT2D eigenvalue weighted by atomic mass is 10.1. The Morgan fingerprint density at radius 3 is 3.07 bits per heavy atom. The van der Waals surface area contributed by atoms with Crippen LogP contribution in [0.5, 0.6) is 0 Å². The van der Waals surface area contributed by atoms with Gasteiger partial charge in [0, 0.05) is 5.41 Å². The van der Waals surface area contributed by atoms with E-state index in [9.17, 15) is 4.79 Å². The SMILES string of the molecule is CCC1(c2cnco2)NC(C(=O)O)=CS1. The van der Waals surface area contributed by atoms with Crippen molar-refractivity contribution in [1.29, 1.82) is 0 Å². The number of nitrogens with zero attached hydrogens (tertiary/aromatic N) is 1. The molecule has 0 spiro atoms. The monoisotopic (exact) mass is 226 g/mol. The maximum absolute atomic E-state index is 10.8. The molecule has 1 aromatic heterocycles. The normalized spacial score (nSPS) is 24.7. The summed E-state index contributed by atoms with van der Waals surface area (Å²) in [6.07, 6.45) is 3.65. The Bertz CT molecular complexity index is 401. The summed E-state index contributed by atoms with van der Waals surface area (Å²) in [5.74, 6) is -0.320. The van der Waals surface area contributed by atoms with Gasteiger partial charge in [-0.25, -0.2) is 9.78 Å². The third-order valence-corrected chi connectivity index (χ3v) is 3.62. The largest absolute Gasteiger partial charge is 0.477 e. The summed E-state index contributed by atoms with van der Waals surface area (Å²) in [5.41, 5.74) is 0.193. The van der Waals surface area contributed by atoms with Gasteiger partial charge in [-0.2, -0.15) is 0 Å². The van der Waals surface area contributed by atoms with Gasteiger partial charge in [0.1, 0.15) is 10.6 Å². The van der Waals surface area contributed by atoms with Crippen LogP contribution in [-0.2, 0) is 9.67 Å². The van der Waals surface area contributed by atoms with E-state index in [4.69, 9.17) is 9.52 Å². The minimum absolute atomic E-state index is 0.193. The molecular formula is C9H10N2O3S. The standard InChI is InChI=1S/C9H10N2O3S/c1-2-9(7-3-10-5-14-7)11-6(4-15-9)8(12)13/h3-5,11H,2H2,1H3,(H,12,13). The third kappa shape index (κ3) is 1.61. The number of hydrogen-bond donors (Lipinski definition) is 2. The summed E-state index contributed by atoms with van der Waals surface area (Å²) in [6.45, 7) is 1.96. The van der Waals surface area contributed by atoms with Gasteiger partial charge in [-0.05, 0) is 6.42 Å². The first kappa shape index (κ1) is 10.1. The number of nitrogens with one attached hydrogen (secondary N) is 1. The molecule has 0 fully saturated rings. The molecule has 0 saturated carbocycles. The minimum atomic E-state index is -0.961. The van der Waals surface area contributed by atoms with Gasteiger partial charge < -0.3 is 14.8 Å². The lowest BCUT2D eigenvalue weighted by molar-refractivity contribution is -0.133. The van der Waals surface area contributed by atoms with Crippen LogP contribution >= 0.6 is 11.8 Å². The topological polar surface area (TPSA) is 75.4 Å². The van der Waals surface area contributed by atoms with Gasteiger partial charge in [0.05, 0.1) is 6.20 Å². The van der Waals surface area contributed by atoms with Crippen LogP contribution in [-0.4, -0.2) is 16.1 Å². The molecule has 1 unspecified atom stereocenters. The molecule has 1 atom stereocenters. The molecule has 5 nitrogen and oxygen atoms in total. The summed E-state index contributed by atoms with van der Waals surface area (Å²) in [7, 11) is 0. The van der Waals surface area contributed by atoms with E-state index in [1.165, 1.54) is 18.2 Å². The highest BCUT2D eigenvalue weighted by atomic mass is 32.2. The van der Waals surface area contributed by atoms with E-state index < -0.39 is 10.8 Å². The molecule has 0 bridgehead atoms. The number of hydrogen-bond acceptors (Lipinski definition) is 5. The van der Waals surface area contributed by atoms with Crippen LogP contribution < -0.4 is 5.32 Å². The van der Waals surface area contributed by atoms with Crippen molar-refractivity contribution in [3.8, 4) is 0 Å². The van der Waals surface area contributed by atoms with Crippen molar-refractivity contribution in [3.05, 3.63) is 29.5 Å². The van der Waals surface area contributed by atoms with Crippen LogP contribution in [0.4, 0.5) is 0 Å². The van der Waals surface area contributed by atoms with Crippen LogP contribution in [0.1, 0.15) is 19.1 Å². The first-order valence-electron chi connectivity index (χ1n) is 4.46. The Balaban J connectivity index is 2.26. The molecule has 80 valence electrons. The quantitative estimate of drug-likeness (QED) is 0.813. The van der Waals surface area contributed by atoms with E-state index in [0.717, 1.165) is 0 Å². The van der Waals surface area contributed by atoms with Crippen LogP contribution in [0.2, 0.25) is 0 Å². The summed E-state index contributed by atoms with van der Waals surface area (Å²) in [4.78, 5) is 14.1. The Morgan fingerprint density at radius 1 is 1.80 bits per heavy atom.